The molecule has 0 aromatic carbocycles. The first-order valence-electron chi connectivity index (χ1n) is 11.8. The molecule has 0 saturated carbocycles. The van der Waals surface area contributed by atoms with Gasteiger partial charge in [-0.3, -0.25) is 4.98 Å². The van der Waals surface area contributed by atoms with Crippen LogP contribution in [0.25, 0.3) is 0 Å². The van der Waals surface area contributed by atoms with E-state index in [9.17, 15) is 4.79 Å². The van der Waals surface area contributed by atoms with Gasteiger partial charge in [0.1, 0.15) is 5.76 Å². The Morgan fingerprint density at radius 3 is 1.59 bits per heavy atom. The molecule has 0 aliphatic carbocycles. The van der Waals surface area contributed by atoms with Crippen molar-refractivity contribution in [1.29, 1.82) is 0 Å². The summed E-state index contributed by atoms with van der Waals surface area (Å²) in [4.78, 5) is 13.9. The first-order valence-corrected chi connectivity index (χ1v) is 11.8. The lowest BCUT2D eigenvalue weighted by Gasteiger charge is -2.25. The Morgan fingerprint density at radius 2 is 1.22 bits per heavy atom. The SMILES string of the molecule is CCCCCCCCCCCCCCCCCC(C)(CC)c1c[nH]c(=O)o1. The van der Waals surface area contributed by atoms with Crippen molar-refractivity contribution in [2.24, 2.45) is 0 Å². The molecule has 1 aromatic heterocycles. The Kier molecular flexibility index (Phi) is 13.4. The monoisotopic (exact) mass is 379 g/mol. The maximum atomic E-state index is 11.2. The third-order valence-electron chi connectivity index (χ3n) is 6.23. The van der Waals surface area contributed by atoms with E-state index >= 15 is 0 Å². The van der Waals surface area contributed by atoms with E-state index in [-0.39, 0.29) is 11.2 Å². The molecule has 158 valence electrons. The van der Waals surface area contributed by atoms with E-state index in [0.29, 0.717) is 0 Å². The smallest absolute Gasteiger partial charge is 0.413 e. The summed E-state index contributed by atoms with van der Waals surface area (Å²) in [6.07, 6.45) is 24.7. The fraction of sp³-hybridized carbons (Fsp3) is 0.875. The Morgan fingerprint density at radius 1 is 0.778 bits per heavy atom. The number of hydrogen-bond donors (Lipinski definition) is 1. The highest BCUT2D eigenvalue weighted by Crippen LogP contribution is 2.32. The molecule has 3 nitrogen and oxygen atoms in total. The maximum absolute atomic E-state index is 11.2. The summed E-state index contributed by atoms with van der Waals surface area (Å²) >= 11 is 0. The second-order valence-corrected chi connectivity index (χ2v) is 8.66. The van der Waals surface area contributed by atoms with Crippen molar-refractivity contribution in [2.75, 3.05) is 0 Å². The second kappa shape index (κ2) is 15.0. The molecule has 0 radical (unpaired) electrons. The van der Waals surface area contributed by atoms with E-state index in [1.54, 1.807) is 6.20 Å². The van der Waals surface area contributed by atoms with Gasteiger partial charge in [-0.05, 0) is 12.8 Å². The quantitative estimate of drug-likeness (QED) is 0.263. The van der Waals surface area contributed by atoms with Crippen LogP contribution in [0.4, 0.5) is 0 Å². The van der Waals surface area contributed by atoms with E-state index < -0.39 is 0 Å². The van der Waals surface area contributed by atoms with E-state index in [0.717, 1.165) is 18.6 Å². The van der Waals surface area contributed by atoms with E-state index in [1.807, 2.05) is 0 Å². The number of unbranched alkanes of at least 4 members (excludes halogenated alkanes) is 14. The molecule has 0 aliphatic heterocycles. The van der Waals surface area contributed by atoms with Gasteiger partial charge in [-0.2, -0.15) is 0 Å². The zero-order chi connectivity index (χ0) is 19.8. The molecule has 0 amide bonds. The number of aromatic amines is 1. The van der Waals surface area contributed by atoms with Gasteiger partial charge in [0, 0.05) is 11.6 Å². The Labute approximate surface area is 167 Å². The number of oxazole rings is 1. The third-order valence-corrected chi connectivity index (χ3v) is 6.23. The summed E-state index contributed by atoms with van der Waals surface area (Å²) in [6.45, 7) is 6.67. The average Bonchev–Trinajstić information content (AvgIpc) is 3.11. The first-order chi connectivity index (χ1) is 13.1. The van der Waals surface area contributed by atoms with Gasteiger partial charge in [0.25, 0.3) is 0 Å². The Hall–Kier alpha value is -0.990. The molecule has 27 heavy (non-hydrogen) atoms. The molecule has 1 atom stereocenters. The van der Waals surface area contributed by atoms with Crippen LogP contribution >= 0.6 is 0 Å². The molecule has 1 rings (SSSR count). The number of nitrogens with one attached hydrogen (secondary N) is 1. The average molecular weight is 380 g/mol. The molecule has 1 unspecified atom stereocenters. The highest BCUT2D eigenvalue weighted by molar-refractivity contribution is 5.07. The predicted molar refractivity (Wildman–Crippen MR) is 117 cm³/mol. The van der Waals surface area contributed by atoms with E-state index in [1.165, 1.54) is 96.3 Å². The van der Waals surface area contributed by atoms with Crippen molar-refractivity contribution in [1.82, 2.24) is 4.98 Å². The van der Waals surface area contributed by atoms with Crippen LogP contribution in [-0.4, -0.2) is 4.98 Å². The maximum Gasteiger partial charge on any atom is 0.416 e. The van der Waals surface area contributed by atoms with Crippen molar-refractivity contribution in [3.63, 3.8) is 0 Å². The van der Waals surface area contributed by atoms with Crippen molar-refractivity contribution in [3.05, 3.63) is 22.5 Å². The fourth-order valence-electron chi connectivity index (χ4n) is 3.94. The van der Waals surface area contributed by atoms with Gasteiger partial charge in [0.2, 0.25) is 0 Å². The molecule has 0 saturated heterocycles. The number of hydrogen-bond acceptors (Lipinski definition) is 2. The van der Waals surface area contributed by atoms with Gasteiger partial charge >= 0.3 is 5.76 Å². The van der Waals surface area contributed by atoms with Gasteiger partial charge < -0.3 is 4.42 Å². The first kappa shape index (κ1) is 24.0. The summed E-state index contributed by atoms with van der Waals surface area (Å²) in [6, 6.07) is 0. The van der Waals surface area contributed by atoms with E-state index in [2.05, 4.69) is 25.8 Å². The fourth-order valence-corrected chi connectivity index (χ4v) is 3.94. The largest absolute Gasteiger partial charge is 0.416 e. The summed E-state index contributed by atoms with van der Waals surface area (Å²) in [7, 11) is 0. The van der Waals surface area contributed by atoms with Crippen molar-refractivity contribution in [2.45, 2.75) is 135 Å². The van der Waals surface area contributed by atoms with Crippen LogP contribution < -0.4 is 5.76 Å². The Bertz CT molecular complexity index is 504. The number of rotatable bonds is 18. The molecule has 0 bridgehead atoms. The molecular formula is C24H45NO2. The summed E-state index contributed by atoms with van der Waals surface area (Å²) in [5.74, 6) is 0.488. The van der Waals surface area contributed by atoms with Crippen LogP contribution in [0.1, 0.15) is 136 Å². The van der Waals surface area contributed by atoms with Crippen LogP contribution in [0.3, 0.4) is 0 Å². The highest BCUT2D eigenvalue weighted by Gasteiger charge is 2.27. The zero-order valence-electron chi connectivity index (χ0n) is 18.4. The molecule has 0 aliphatic rings. The normalized spacial score (nSPS) is 13.7. The standard InChI is InChI=1S/C24H45NO2/c1-4-6-7-8-9-10-11-12-13-14-15-16-17-18-19-20-24(3,5-2)22-21-25-23(26)27-22/h21H,4-20H2,1-3H3,(H,25,26). The molecule has 1 N–H and O–H groups in total. The summed E-state index contributed by atoms with van der Waals surface area (Å²) in [5, 5.41) is 0. The third kappa shape index (κ3) is 10.8. The lowest BCUT2D eigenvalue weighted by atomic mass is 9.80. The van der Waals surface area contributed by atoms with Crippen molar-refractivity contribution in [3.8, 4) is 0 Å². The van der Waals surface area contributed by atoms with Crippen LogP contribution in [0.5, 0.6) is 0 Å². The molecular weight excluding hydrogens is 334 g/mol. The molecule has 0 fully saturated rings. The minimum absolute atomic E-state index is 0.00427. The lowest BCUT2D eigenvalue weighted by molar-refractivity contribution is 0.308. The predicted octanol–water partition coefficient (Wildman–Crippen LogP) is 7.90. The Balaban J connectivity index is 1.92. The van der Waals surface area contributed by atoms with Crippen LogP contribution in [0, 0.1) is 0 Å². The van der Waals surface area contributed by atoms with Crippen LogP contribution in [0.15, 0.2) is 15.4 Å². The minimum Gasteiger partial charge on any atom is -0.413 e. The lowest BCUT2D eigenvalue weighted by Crippen LogP contribution is -2.20. The van der Waals surface area contributed by atoms with Crippen LogP contribution in [-0.2, 0) is 5.41 Å². The number of aromatic nitrogens is 1. The summed E-state index contributed by atoms with van der Waals surface area (Å²) in [5.41, 5.74) is -0.00427. The number of H-pyrrole nitrogens is 1. The van der Waals surface area contributed by atoms with Gasteiger partial charge in [0.15, 0.2) is 0 Å². The van der Waals surface area contributed by atoms with Crippen LogP contribution in [0.2, 0.25) is 0 Å². The van der Waals surface area contributed by atoms with Gasteiger partial charge in [-0.15, -0.1) is 0 Å². The molecule has 1 heterocycles. The minimum atomic E-state index is -0.332. The molecule has 1 aromatic rings. The van der Waals surface area contributed by atoms with Crippen molar-refractivity contribution < 1.29 is 4.42 Å². The van der Waals surface area contributed by atoms with Gasteiger partial charge in [0.05, 0.1) is 0 Å². The molecule has 0 spiro atoms. The highest BCUT2D eigenvalue weighted by atomic mass is 16.4. The summed E-state index contributed by atoms with van der Waals surface area (Å²) < 4.78 is 5.30. The van der Waals surface area contributed by atoms with Gasteiger partial charge in [-0.1, -0.05) is 117 Å². The molecule has 3 heteroatoms. The topological polar surface area (TPSA) is 46.0 Å². The zero-order valence-corrected chi connectivity index (χ0v) is 18.4. The van der Waals surface area contributed by atoms with E-state index in [4.69, 9.17) is 4.42 Å². The van der Waals surface area contributed by atoms with Gasteiger partial charge in [-0.25, -0.2) is 4.79 Å². The second-order valence-electron chi connectivity index (χ2n) is 8.66. The van der Waals surface area contributed by atoms with Crippen molar-refractivity contribution >= 4 is 0 Å².